The van der Waals surface area contributed by atoms with Crippen molar-refractivity contribution in [1.29, 1.82) is 0 Å². The Balaban J connectivity index is 2.35. The van der Waals surface area contributed by atoms with Crippen molar-refractivity contribution in [3.63, 3.8) is 0 Å². The zero-order valence-corrected chi connectivity index (χ0v) is 9.64. The van der Waals surface area contributed by atoms with E-state index in [1.807, 2.05) is 30.4 Å². The summed E-state index contributed by atoms with van der Waals surface area (Å²) in [4.78, 5) is 8.63. The predicted molar refractivity (Wildman–Crippen MR) is 64.6 cm³/mol. The van der Waals surface area contributed by atoms with Crippen LogP contribution in [-0.4, -0.2) is 14.4 Å². The fourth-order valence-electron chi connectivity index (χ4n) is 1.85. The van der Waals surface area contributed by atoms with E-state index in [1.54, 1.807) is 12.4 Å². The van der Waals surface area contributed by atoms with Gasteiger partial charge in [-0.15, -0.1) is 0 Å². The van der Waals surface area contributed by atoms with Gasteiger partial charge >= 0.3 is 0 Å². The lowest BCUT2D eigenvalue weighted by Crippen LogP contribution is -1.99. The standard InChI is InChI=1S/C12H12N4O/c1-7-5-14-12-11(9-4-3-8(2)17-9)15-10(13)6-16(7)12/h3-6H,13H2,1-2H3. The highest BCUT2D eigenvalue weighted by molar-refractivity contribution is 5.71. The van der Waals surface area contributed by atoms with Gasteiger partial charge in [-0.2, -0.15) is 0 Å². The minimum Gasteiger partial charge on any atom is -0.460 e. The number of hydrogen-bond acceptors (Lipinski definition) is 4. The largest absolute Gasteiger partial charge is 0.460 e. The molecule has 3 aromatic heterocycles. The van der Waals surface area contributed by atoms with Crippen LogP contribution in [0.2, 0.25) is 0 Å². The Labute approximate surface area is 97.9 Å². The van der Waals surface area contributed by atoms with E-state index in [4.69, 9.17) is 10.2 Å². The Morgan fingerprint density at radius 2 is 2.12 bits per heavy atom. The second kappa shape index (κ2) is 3.35. The number of nitrogens with two attached hydrogens (primary N) is 1. The van der Waals surface area contributed by atoms with E-state index in [1.165, 1.54) is 0 Å². The first-order valence-corrected chi connectivity index (χ1v) is 5.32. The van der Waals surface area contributed by atoms with E-state index >= 15 is 0 Å². The first-order valence-electron chi connectivity index (χ1n) is 5.32. The molecule has 0 atom stereocenters. The van der Waals surface area contributed by atoms with Crippen LogP contribution in [0.15, 0.2) is 28.9 Å². The number of aryl methyl sites for hydroxylation is 2. The molecule has 0 radical (unpaired) electrons. The smallest absolute Gasteiger partial charge is 0.167 e. The van der Waals surface area contributed by atoms with Gasteiger partial charge in [-0.1, -0.05) is 0 Å². The molecule has 3 heterocycles. The molecule has 3 aromatic rings. The van der Waals surface area contributed by atoms with Crippen molar-refractivity contribution in [2.45, 2.75) is 13.8 Å². The summed E-state index contributed by atoms with van der Waals surface area (Å²) in [5.74, 6) is 1.97. The molecule has 3 rings (SSSR count). The van der Waals surface area contributed by atoms with Crippen LogP contribution in [-0.2, 0) is 0 Å². The van der Waals surface area contributed by atoms with Crippen LogP contribution in [0.4, 0.5) is 5.82 Å². The molecule has 2 N–H and O–H groups in total. The number of rotatable bonds is 1. The highest BCUT2D eigenvalue weighted by atomic mass is 16.3. The number of hydrogen-bond donors (Lipinski definition) is 1. The molecule has 0 saturated heterocycles. The molecule has 5 heteroatoms. The van der Waals surface area contributed by atoms with Crippen LogP contribution in [0.1, 0.15) is 11.5 Å². The highest BCUT2D eigenvalue weighted by Crippen LogP contribution is 2.25. The second-order valence-electron chi connectivity index (χ2n) is 4.02. The van der Waals surface area contributed by atoms with Crippen molar-refractivity contribution in [2.24, 2.45) is 0 Å². The predicted octanol–water partition coefficient (Wildman–Crippen LogP) is 2.19. The van der Waals surface area contributed by atoms with Gasteiger partial charge in [-0.3, -0.25) is 4.40 Å². The highest BCUT2D eigenvalue weighted by Gasteiger charge is 2.13. The van der Waals surface area contributed by atoms with E-state index in [9.17, 15) is 0 Å². The Hall–Kier alpha value is -2.30. The Bertz CT molecular complexity index is 696. The van der Waals surface area contributed by atoms with Gasteiger partial charge in [0.05, 0.1) is 6.20 Å². The van der Waals surface area contributed by atoms with E-state index in [-0.39, 0.29) is 0 Å². The lowest BCUT2D eigenvalue weighted by molar-refractivity contribution is 0.546. The average Bonchev–Trinajstić information content (AvgIpc) is 2.86. The molecule has 0 aliphatic heterocycles. The van der Waals surface area contributed by atoms with Gasteiger partial charge in [0, 0.05) is 11.9 Å². The van der Waals surface area contributed by atoms with Crippen molar-refractivity contribution in [3.05, 3.63) is 36.0 Å². The Kier molecular flexibility index (Phi) is 1.95. The Morgan fingerprint density at radius 1 is 1.29 bits per heavy atom. The molecular weight excluding hydrogens is 216 g/mol. The lowest BCUT2D eigenvalue weighted by atomic mass is 10.3. The Morgan fingerprint density at radius 3 is 2.82 bits per heavy atom. The molecular formula is C12H12N4O. The van der Waals surface area contributed by atoms with Crippen molar-refractivity contribution in [1.82, 2.24) is 14.4 Å². The maximum atomic E-state index is 5.80. The summed E-state index contributed by atoms with van der Waals surface area (Å²) >= 11 is 0. The molecule has 0 spiro atoms. The molecule has 0 unspecified atom stereocenters. The fourth-order valence-corrected chi connectivity index (χ4v) is 1.85. The molecule has 0 saturated carbocycles. The van der Waals surface area contributed by atoms with Crippen molar-refractivity contribution in [2.75, 3.05) is 5.73 Å². The molecule has 0 amide bonds. The molecule has 86 valence electrons. The summed E-state index contributed by atoms with van der Waals surface area (Å²) in [7, 11) is 0. The number of nitrogen functional groups attached to an aromatic ring is 1. The van der Waals surface area contributed by atoms with Gasteiger partial charge in [0.15, 0.2) is 17.1 Å². The summed E-state index contributed by atoms with van der Waals surface area (Å²) in [5, 5.41) is 0. The number of aromatic nitrogens is 3. The number of nitrogens with zero attached hydrogens (tertiary/aromatic N) is 3. The summed E-state index contributed by atoms with van der Waals surface area (Å²) < 4.78 is 7.48. The van der Waals surface area contributed by atoms with Gasteiger partial charge < -0.3 is 10.2 Å². The van der Waals surface area contributed by atoms with Gasteiger partial charge in [0.2, 0.25) is 0 Å². The number of furan rings is 1. The maximum absolute atomic E-state index is 5.80. The number of fused-ring (bicyclic) bond motifs is 1. The van der Waals surface area contributed by atoms with Crippen LogP contribution in [0.3, 0.4) is 0 Å². The van der Waals surface area contributed by atoms with Gasteiger partial charge in [0.1, 0.15) is 11.6 Å². The first kappa shape index (κ1) is 9.89. The van der Waals surface area contributed by atoms with Crippen molar-refractivity contribution < 1.29 is 4.42 Å². The third-order valence-corrected chi connectivity index (χ3v) is 2.67. The van der Waals surface area contributed by atoms with E-state index in [0.29, 0.717) is 17.3 Å². The minimum absolute atomic E-state index is 0.447. The van der Waals surface area contributed by atoms with Crippen molar-refractivity contribution in [3.8, 4) is 11.5 Å². The van der Waals surface area contributed by atoms with Gasteiger partial charge in [0.25, 0.3) is 0 Å². The first-order chi connectivity index (χ1) is 8.15. The fraction of sp³-hybridized carbons (Fsp3) is 0.167. The lowest BCUT2D eigenvalue weighted by Gasteiger charge is -2.03. The zero-order chi connectivity index (χ0) is 12.0. The second-order valence-corrected chi connectivity index (χ2v) is 4.02. The molecule has 0 aliphatic rings. The third kappa shape index (κ3) is 1.47. The molecule has 0 fully saturated rings. The van der Waals surface area contributed by atoms with E-state index in [0.717, 1.165) is 17.1 Å². The van der Waals surface area contributed by atoms with Crippen LogP contribution in [0.5, 0.6) is 0 Å². The molecule has 17 heavy (non-hydrogen) atoms. The molecule has 5 nitrogen and oxygen atoms in total. The van der Waals surface area contributed by atoms with Crippen LogP contribution in [0.25, 0.3) is 17.1 Å². The third-order valence-electron chi connectivity index (χ3n) is 2.67. The van der Waals surface area contributed by atoms with Gasteiger partial charge in [-0.25, -0.2) is 9.97 Å². The normalized spacial score (nSPS) is 11.2. The van der Waals surface area contributed by atoms with Gasteiger partial charge in [-0.05, 0) is 26.0 Å². The summed E-state index contributed by atoms with van der Waals surface area (Å²) in [5.41, 5.74) is 8.24. The average molecular weight is 228 g/mol. The maximum Gasteiger partial charge on any atom is 0.167 e. The minimum atomic E-state index is 0.447. The summed E-state index contributed by atoms with van der Waals surface area (Å²) in [6, 6.07) is 3.77. The number of imidazole rings is 1. The van der Waals surface area contributed by atoms with E-state index in [2.05, 4.69) is 9.97 Å². The zero-order valence-electron chi connectivity index (χ0n) is 9.64. The molecule has 0 aromatic carbocycles. The summed E-state index contributed by atoms with van der Waals surface area (Å²) in [6.45, 7) is 3.86. The monoisotopic (exact) mass is 228 g/mol. The topological polar surface area (TPSA) is 69.3 Å². The molecule has 0 aliphatic carbocycles. The van der Waals surface area contributed by atoms with Crippen LogP contribution in [0, 0.1) is 13.8 Å². The van der Waals surface area contributed by atoms with Crippen LogP contribution < -0.4 is 5.73 Å². The molecule has 0 bridgehead atoms. The summed E-state index contributed by atoms with van der Waals surface area (Å²) in [6.07, 6.45) is 3.55. The van der Waals surface area contributed by atoms with E-state index < -0.39 is 0 Å². The SMILES string of the molecule is Cc1ccc(-c2nc(N)cn3c(C)cnc23)o1. The van der Waals surface area contributed by atoms with Crippen molar-refractivity contribution >= 4 is 11.5 Å². The number of anilines is 1. The van der Waals surface area contributed by atoms with Crippen LogP contribution >= 0.6 is 0 Å². The quantitative estimate of drug-likeness (QED) is 0.693.